The molecule has 3 N–H and O–H groups in total. The third-order valence-electron chi connectivity index (χ3n) is 2.33. The van der Waals surface area contributed by atoms with Crippen LogP contribution in [-0.2, 0) is 14.3 Å². The number of amides is 1. The molecule has 0 saturated heterocycles. The van der Waals surface area contributed by atoms with Gasteiger partial charge < -0.3 is 15.8 Å². The molecule has 104 valence electrons. The fraction of sp³-hybridized carbons (Fsp3) is 0.692. The van der Waals surface area contributed by atoms with Gasteiger partial charge in [0.15, 0.2) is 0 Å². The number of nitrogens with one attached hydrogen (secondary N) is 1. The number of nitrogens with two attached hydrogens (primary N) is 1. The molecular weight excluding hydrogens is 232 g/mol. The quantitative estimate of drug-likeness (QED) is 0.349. The number of rotatable bonds is 10. The van der Waals surface area contributed by atoms with E-state index in [1.807, 2.05) is 0 Å². The van der Waals surface area contributed by atoms with Crippen molar-refractivity contribution in [1.29, 1.82) is 0 Å². The van der Waals surface area contributed by atoms with Crippen molar-refractivity contribution in [2.24, 2.45) is 5.73 Å². The summed E-state index contributed by atoms with van der Waals surface area (Å²) in [5, 5.41) is 2.78. The van der Waals surface area contributed by atoms with Crippen molar-refractivity contribution in [3.63, 3.8) is 0 Å². The molecule has 0 aliphatic heterocycles. The molecule has 0 aromatic carbocycles. The molecule has 0 fully saturated rings. The molecule has 0 aliphatic rings. The molecule has 0 spiro atoms. The van der Waals surface area contributed by atoms with Crippen LogP contribution in [0, 0.1) is 0 Å². The van der Waals surface area contributed by atoms with E-state index in [0.29, 0.717) is 38.1 Å². The van der Waals surface area contributed by atoms with Crippen LogP contribution in [0.25, 0.3) is 0 Å². The average molecular weight is 256 g/mol. The zero-order valence-corrected chi connectivity index (χ0v) is 11.2. The van der Waals surface area contributed by atoms with Crippen molar-refractivity contribution in [3.05, 3.63) is 12.2 Å². The molecule has 0 saturated carbocycles. The van der Waals surface area contributed by atoms with Crippen LogP contribution in [0.4, 0.5) is 0 Å². The van der Waals surface area contributed by atoms with Gasteiger partial charge in [-0.1, -0.05) is 13.0 Å². The molecule has 0 atom stereocenters. The van der Waals surface area contributed by atoms with E-state index in [-0.39, 0.29) is 11.9 Å². The Morgan fingerprint density at radius 3 is 2.56 bits per heavy atom. The Morgan fingerprint density at radius 1 is 1.22 bits per heavy atom. The highest BCUT2D eigenvalue weighted by atomic mass is 16.5. The van der Waals surface area contributed by atoms with E-state index in [9.17, 15) is 9.59 Å². The minimum atomic E-state index is -0.386. The Bertz CT molecular complexity index is 277. The van der Waals surface area contributed by atoms with E-state index >= 15 is 0 Å². The molecule has 0 aromatic heterocycles. The van der Waals surface area contributed by atoms with E-state index in [4.69, 9.17) is 10.5 Å². The summed E-state index contributed by atoms with van der Waals surface area (Å²) in [5.74, 6) is -0.346. The normalized spacial score (nSPS) is 9.89. The number of hydrogen-bond donors (Lipinski definition) is 2. The molecule has 0 aromatic rings. The molecule has 0 radical (unpaired) electrons. The Balaban J connectivity index is 3.35. The third kappa shape index (κ3) is 9.84. The first-order valence-corrected chi connectivity index (χ1v) is 6.37. The second kappa shape index (κ2) is 10.8. The number of carbonyl (C=O) groups excluding carboxylic acids is 2. The summed E-state index contributed by atoms with van der Waals surface area (Å²) >= 11 is 0. The molecule has 0 rings (SSSR count). The molecule has 1 amide bonds. The number of unbranched alkanes of at least 4 members (excludes halogenated alkanes) is 2. The molecule has 5 heteroatoms. The van der Waals surface area contributed by atoms with E-state index < -0.39 is 0 Å². The van der Waals surface area contributed by atoms with Crippen molar-refractivity contribution in [2.75, 3.05) is 19.7 Å². The maximum absolute atomic E-state index is 11.3. The second-order valence-corrected chi connectivity index (χ2v) is 4.22. The summed E-state index contributed by atoms with van der Waals surface area (Å²) in [5.41, 5.74) is 5.74. The second-order valence-electron chi connectivity index (χ2n) is 4.22. The summed E-state index contributed by atoms with van der Waals surface area (Å²) in [6.45, 7) is 6.59. The lowest BCUT2D eigenvalue weighted by molar-refractivity contribution is -0.138. The van der Waals surface area contributed by atoms with E-state index in [2.05, 4.69) is 11.9 Å². The van der Waals surface area contributed by atoms with Crippen LogP contribution in [0.5, 0.6) is 0 Å². The first-order valence-electron chi connectivity index (χ1n) is 6.37. The van der Waals surface area contributed by atoms with Gasteiger partial charge in [-0.3, -0.25) is 4.79 Å². The lowest BCUT2D eigenvalue weighted by Crippen LogP contribution is -2.25. The topological polar surface area (TPSA) is 81.4 Å². The van der Waals surface area contributed by atoms with Gasteiger partial charge in [-0.25, -0.2) is 4.79 Å². The van der Waals surface area contributed by atoms with Gasteiger partial charge >= 0.3 is 5.97 Å². The van der Waals surface area contributed by atoms with E-state index in [1.165, 1.54) is 0 Å². The summed E-state index contributed by atoms with van der Waals surface area (Å²) in [6.07, 6.45) is 3.97. The minimum absolute atomic E-state index is 0.0400. The number of ether oxygens (including phenoxy) is 1. The maximum atomic E-state index is 11.3. The standard InChI is InChI=1S/C13H24N2O3/c1-11(2)13(17)18-10-6-9-15-12(16)7-4-3-5-8-14/h1,3-10,14H2,2H3,(H,15,16). The highest BCUT2D eigenvalue weighted by Crippen LogP contribution is 1.98. The SMILES string of the molecule is C=C(C)C(=O)OCCCNC(=O)CCCCCN. The van der Waals surface area contributed by atoms with Gasteiger partial charge in [-0.2, -0.15) is 0 Å². The Labute approximate surface area is 109 Å². The monoisotopic (exact) mass is 256 g/mol. The van der Waals surface area contributed by atoms with Gasteiger partial charge in [-0.05, 0) is 32.7 Å². The first kappa shape index (κ1) is 16.6. The molecule has 0 bridgehead atoms. The van der Waals surface area contributed by atoms with Crippen molar-refractivity contribution >= 4 is 11.9 Å². The van der Waals surface area contributed by atoms with Crippen LogP contribution in [-0.4, -0.2) is 31.6 Å². The number of carbonyl (C=O) groups is 2. The molecular formula is C13H24N2O3. The van der Waals surface area contributed by atoms with Crippen LogP contribution >= 0.6 is 0 Å². The van der Waals surface area contributed by atoms with Gasteiger partial charge in [0.1, 0.15) is 0 Å². The maximum Gasteiger partial charge on any atom is 0.333 e. The van der Waals surface area contributed by atoms with Crippen molar-refractivity contribution in [2.45, 2.75) is 39.0 Å². The molecule has 0 aliphatic carbocycles. The Morgan fingerprint density at radius 2 is 1.94 bits per heavy atom. The molecule has 18 heavy (non-hydrogen) atoms. The summed E-state index contributed by atoms with van der Waals surface area (Å²) in [6, 6.07) is 0. The van der Waals surface area contributed by atoms with E-state index in [0.717, 1.165) is 19.3 Å². The average Bonchev–Trinajstić information content (AvgIpc) is 2.33. The predicted octanol–water partition coefficient (Wildman–Crippen LogP) is 1.13. The summed E-state index contributed by atoms with van der Waals surface area (Å²) < 4.78 is 4.89. The van der Waals surface area contributed by atoms with Gasteiger partial charge in [0.05, 0.1) is 6.61 Å². The highest BCUT2D eigenvalue weighted by Gasteiger charge is 2.03. The molecule has 5 nitrogen and oxygen atoms in total. The van der Waals surface area contributed by atoms with Crippen LogP contribution in [0.3, 0.4) is 0 Å². The Kier molecular flexibility index (Phi) is 9.96. The zero-order chi connectivity index (χ0) is 13.8. The smallest absolute Gasteiger partial charge is 0.333 e. The van der Waals surface area contributed by atoms with Crippen molar-refractivity contribution < 1.29 is 14.3 Å². The van der Waals surface area contributed by atoms with Crippen LogP contribution in [0.15, 0.2) is 12.2 Å². The fourth-order valence-corrected chi connectivity index (χ4v) is 1.28. The largest absolute Gasteiger partial charge is 0.462 e. The van der Waals surface area contributed by atoms with Crippen molar-refractivity contribution in [1.82, 2.24) is 5.32 Å². The van der Waals surface area contributed by atoms with Crippen LogP contribution < -0.4 is 11.1 Å². The van der Waals surface area contributed by atoms with Gasteiger partial charge in [0, 0.05) is 18.5 Å². The number of esters is 1. The Hall–Kier alpha value is -1.36. The molecule has 0 heterocycles. The van der Waals surface area contributed by atoms with Crippen LogP contribution in [0.1, 0.15) is 39.0 Å². The van der Waals surface area contributed by atoms with Gasteiger partial charge in [-0.15, -0.1) is 0 Å². The lowest BCUT2D eigenvalue weighted by Gasteiger charge is -2.06. The summed E-state index contributed by atoms with van der Waals surface area (Å²) in [4.78, 5) is 22.4. The third-order valence-corrected chi connectivity index (χ3v) is 2.33. The van der Waals surface area contributed by atoms with Crippen LogP contribution in [0.2, 0.25) is 0 Å². The first-order chi connectivity index (χ1) is 8.57. The predicted molar refractivity (Wildman–Crippen MR) is 70.9 cm³/mol. The van der Waals surface area contributed by atoms with Gasteiger partial charge in [0.25, 0.3) is 0 Å². The highest BCUT2D eigenvalue weighted by molar-refractivity contribution is 5.86. The fourth-order valence-electron chi connectivity index (χ4n) is 1.28. The lowest BCUT2D eigenvalue weighted by atomic mass is 10.2. The van der Waals surface area contributed by atoms with Crippen molar-refractivity contribution in [3.8, 4) is 0 Å². The summed E-state index contributed by atoms with van der Waals surface area (Å²) in [7, 11) is 0. The molecule has 0 unspecified atom stereocenters. The minimum Gasteiger partial charge on any atom is -0.462 e. The van der Waals surface area contributed by atoms with E-state index in [1.54, 1.807) is 6.92 Å². The number of hydrogen-bond acceptors (Lipinski definition) is 4. The van der Waals surface area contributed by atoms with Gasteiger partial charge in [0.2, 0.25) is 5.91 Å². The zero-order valence-electron chi connectivity index (χ0n) is 11.2.